The van der Waals surface area contributed by atoms with Gasteiger partial charge in [-0.15, -0.1) is 11.3 Å². The Labute approximate surface area is 153 Å². The summed E-state index contributed by atoms with van der Waals surface area (Å²) in [6.07, 6.45) is 1.71. The first kappa shape index (κ1) is 17.4. The molecule has 0 saturated carbocycles. The van der Waals surface area contributed by atoms with E-state index in [1.54, 1.807) is 24.4 Å². The molecule has 0 unspecified atom stereocenters. The number of benzene rings is 2. The van der Waals surface area contributed by atoms with Crippen LogP contribution in [0.2, 0.25) is 4.47 Å². The van der Waals surface area contributed by atoms with Gasteiger partial charge in [0, 0.05) is 23.3 Å². The maximum Gasteiger partial charge on any atom is 0.253 e. The van der Waals surface area contributed by atoms with Crippen LogP contribution in [-0.2, 0) is 13.1 Å². The van der Waals surface area contributed by atoms with E-state index < -0.39 is 0 Å². The average Bonchev–Trinajstić information content (AvgIpc) is 3.05. The van der Waals surface area contributed by atoms with Crippen LogP contribution in [0.5, 0.6) is 0 Å². The minimum atomic E-state index is -0.298. The van der Waals surface area contributed by atoms with Gasteiger partial charge in [-0.05, 0) is 29.8 Å². The topological polar surface area (TPSA) is 54.0 Å². The van der Waals surface area contributed by atoms with Crippen LogP contribution in [0.4, 0.5) is 10.1 Å². The second kappa shape index (κ2) is 8.09. The Kier molecular flexibility index (Phi) is 5.63. The summed E-state index contributed by atoms with van der Waals surface area (Å²) in [5.41, 5.74) is 2.10. The normalized spacial score (nSPS) is 10.5. The van der Waals surface area contributed by atoms with Crippen molar-refractivity contribution in [2.45, 2.75) is 13.1 Å². The summed E-state index contributed by atoms with van der Waals surface area (Å²) >= 11 is 7.22. The van der Waals surface area contributed by atoms with Gasteiger partial charge in [-0.1, -0.05) is 35.9 Å². The molecular weight excluding hydrogens is 361 g/mol. The minimum absolute atomic E-state index is 0.199. The number of anilines is 1. The molecular formula is C18H15ClFN3OS. The van der Waals surface area contributed by atoms with Gasteiger partial charge in [0.25, 0.3) is 5.91 Å². The number of carbonyl (C=O) groups excluding carboxylic acids is 1. The number of para-hydroxylation sites is 1. The first-order chi connectivity index (χ1) is 12.1. The number of carbonyl (C=O) groups is 1. The predicted octanol–water partition coefficient (Wildman–Crippen LogP) is 4.48. The van der Waals surface area contributed by atoms with Crippen LogP contribution in [0.15, 0.2) is 54.7 Å². The molecule has 3 rings (SSSR count). The molecule has 0 fully saturated rings. The SMILES string of the molecule is O=C(NCc1ccc(F)cc1)c1ccccc1NCc1cnc(Cl)s1. The van der Waals surface area contributed by atoms with Crippen LogP contribution in [-0.4, -0.2) is 10.9 Å². The number of hydrogen-bond donors (Lipinski definition) is 2. The molecule has 25 heavy (non-hydrogen) atoms. The van der Waals surface area contributed by atoms with Crippen LogP contribution in [0, 0.1) is 5.82 Å². The van der Waals surface area contributed by atoms with Gasteiger partial charge < -0.3 is 10.6 Å². The van der Waals surface area contributed by atoms with Gasteiger partial charge >= 0.3 is 0 Å². The van der Waals surface area contributed by atoms with E-state index in [1.807, 2.05) is 18.2 Å². The lowest BCUT2D eigenvalue weighted by Gasteiger charge is -2.11. The zero-order valence-corrected chi connectivity index (χ0v) is 14.7. The van der Waals surface area contributed by atoms with Crippen molar-refractivity contribution in [3.63, 3.8) is 0 Å². The minimum Gasteiger partial charge on any atom is -0.379 e. The fourth-order valence-corrected chi connectivity index (χ4v) is 3.18. The van der Waals surface area contributed by atoms with Gasteiger partial charge in [0.2, 0.25) is 0 Å². The zero-order valence-electron chi connectivity index (χ0n) is 13.1. The number of hydrogen-bond acceptors (Lipinski definition) is 4. The molecule has 0 bridgehead atoms. The van der Waals surface area contributed by atoms with E-state index in [2.05, 4.69) is 15.6 Å². The third kappa shape index (κ3) is 4.78. The molecule has 0 aliphatic heterocycles. The van der Waals surface area contributed by atoms with Gasteiger partial charge in [-0.3, -0.25) is 4.79 Å². The van der Waals surface area contributed by atoms with Crippen LogP contribution < -0.4 is 10.6 Å². The van der Waals surface area contributed by atoms with E-state index in [9.17, 15) is 9.18 Å². The van der Waals surface area contributed by atoms with Gasteiger partial charge in [0.1, 0.15) is 5.82 Å². The number of amides is 1. The Morgan fingerprint density at radius 2 is 1.88 bits per heavy atom. The highest BCUT2D eigenvalue weighted by Gasteiger charge is 2.11. The first-order valence-corrected chi connectivity index (χ1v) is 8.77. The maximum absolute atomic E-state index is 12.9. The summed E-state index contributed by atoms with van der Waals surface area (Å²) in [6.45, 7) is 0.866. The predicted molar refractivity (Wildman–Crippen MR) is 98.5 cm³/mol. The molecule has 2 aromatic carbocycles. The fourth-order valence-electron chi connectivity index (χ4n) is 2.26. The number of nitrogens with zero attached hydrogens (tertiary/aromatic N) is 1. The highest BCUT2D eigenvalue weighted by molar-refractivity contribution is 7.15. The molecule has 0 atom stereocenters. The first-order valence-electron chi connectivity index (χ1n) is 7.57. The summed E-state index contributed by atoms with van der Waals surface area (Å²) in [5.74, 6) is -0.498. The number of halogens is 2. The summed E-state index contributed by atoms with van der Waals surface area (Å²) in [7, 11) is 0. The van der Waals surface area contributed by atoms with Gasteiger partial charge in [0.05, 0.1) is 12.1 Å². The third-order valence-electron chi connectivity index (χ3n) is 3.52. The molecule has 2 N–H and O–H groups in total. The van der Waals surface area contributed by atoms with E-state index in [1.165, 1.54) is 23.5 Å². The second-order valence-electron chi connectivity index (χ2n) is 5.29. The highest BCUT2D eigenvalue weighted by Crippen LogP contribution is 2.21. The number of nitrogens with one attached hydrogen (secondary N) is 2. The van der Waals surface area contributed by atoms with Crippen molar-refractivity contribution in [3.8, 4) is 0 Å². The summed E-state index contributed by atoms with van der Waals surface area (Å²) in [4.78, 5) is 17.4. The van der Waals surface area contributed by atoms with Crippen molar-refractivity contribution in [1.29, 1.82) is 0 Å². The second-order valence-corrected chi connectivity index (χ2v) is 6.99. The van der Waals surface area contributed by atoms with Crippen molar-refractivity contribution >= 4 is 34.5 Å². The molecule has 0 radical (unpaired) electrons. The van der Waals surface area contributed by atoms with E-state index in [4.69, 9.17) is 11.6 Å². The van der Waals surface area contributed by atoms with Gasteiger partial charge in [0.15, 0.2) is 4.47 Å². The van der Waals surface area contributed by atoms with E-state index >= 15 is 0 Å². The molecule has 3 aromatic rings. The van der Waals surface area contributed by atoms with Crippen molar-refractivity contribution in [2.75, 3.05) is 5.32 Å². The Balaban J connectivity index is 1.64. The van der Waals surface area contributed by atoms with Crippen molar-refractivity contribution < 1.29 is 9.18 Å². The Morgan fingerprint density at radius 3 is 2.60 bits per heavy atom. The van der Waals surface area contributed by atoms with E-state index in [0.29, 0.717) is 23.1 Å². The van der Waals surface area contributed by atoms with Crippen LogP contribution in [0.25, 0.3) is 0 Å². The van der Waals surface area contributed by atoms with Crippen molar-refractivity contribution in [3.05, 3.63) is 81.0 Å². The van der Waals surface area contributed by atoms with Crippen LogP contribution >= 0.6 is 22.9 Å². The average molecular weight is 376 g/mol. The van der Waals surface area contributed by atoms with Crippen LogP contribution in [0.1, 0.15) is 20.8 Å². The molecule has 1 heterocycles. The molecule has 0 saturated heterocycles. The number of rotatable bonds is 6. The smallest absolute Gasteiger partial charge is 0.253 e. The largest absolute Gasteiger partial charge is 0.379 e. The third-order valence-corrected chi connectivity index (χ3v) is 4.63. The highest BCUT2D eigenvalue weighted by atomic mass is 35.5. The Morgan fingerprint density at radius 1 is 1.12 bits per heavy atom. The van der Waals surface area contributed by atoms with Crippen molar-refractivity contribution in [1.82, 2.24) is 10.3 Å². The molecule has 1 aromatic heterocycles. The monoisotopic (exact) mass is 375 g/mol. The van der Waals surface area contributed by atoms with Crippen LogP contribution in [0.3, 0.4) is 0 Å². The zero-order chi connectivity index (χ0) is 17.6. The molecule has 0 aliphatic rings. The van der Waals surface area contributed by atoms with Gasteiger partial charge in [-0.25, -0.2) is 9.37 Å². The summed E-state index contributed by atoms with van der Waals surface area (Å²) in [5, 5.41) is 6.08. The fraction of sp³-hybridized carbons (Fsp3) is 0.111. The molecule has 0 spiro atoms. The molecule has 1 amide bonds. The van der Waals surface area contributed by atoms with E-state index in [0.717, 1.165) is 16.1 Å². The standard InChI is InChI=1S/C18H15ClFN3OS/c19-18-23-11-14(25-18)10-21-16-4-2-1-3-15(16)17(24)22-9-12-5-7-13(20)8-6-12/h1-8,11,21H,9-10H2,(H,22,24). The van der Waals surface area contributed by atoms with E-state index in [-0.39, 0.29) is 11.7 Å². The quantitative estimate of drug-likeness (QED) is 0.668. The Hall–Kier alpha value is -2.44. The summed E-state index contributed by atoms with van der Waals surface area (Å²) in [6, 6.07) is 13.3. The number of thiazole rings is 1. The lowest BCUT2D eigenvalue weighted by Crippen LogP contribution is -2.23. The number of aromatic nitrogens is 1. The maximum atomic E-state index is 12.9. The van der Waals surface area contributed by atoms with Gasteiger partial charge in [-0.2, -0.15) is 0 Å². The molecule has 128 valence electrons. The molecule has 0 aliphatic carbocycles. The van der Waals surface area contributed by atoms with Crippen molar-refractivity contribution in [2.24, 2.45) is 0 Å². The lowest BCUT2D eigenvalue weighted by molar-refractivity contribution is 0.0951. The molecule has 7 heteroatoms. The molecule has 4 nitrogen and oxygen atoms in total. The summed E-state index contributed by atoms with van der Waals surface area (Å²) < 4.78 is 13.4. The Bertz CT molecular complexity index is 867. The lowest BCUT2D eigenvalue weighted by atomic mass is 10.1.